The number of amides is 2. The maximum atomic E-state index is 11.6. The van der Waals surface area contributed by atoms with Crippen LogP contribution in [0.15, 0.2) is 30.3 Å². The third-order valence-corrected chi connectivity index (χ3v) is 2.85. The van der Waals surface area contributed by atoms with E-state index in [0.717, 1.165) is 17.9 Å². The van der Waals surface area contributed by atoms with E-state index in [0.29, 0.717) is 6.54 Å². The molecule has 1 aromatic rings. The minimum Gasteiger partial charge on any atom is -0.334 e. The molecule has 0 aromatic heterocycles. The number of nitrogens with zero attached hydrogens (tertiary/aromatic N) is 1. The first kappa shape index (κ1) is 12.9. The average molecular weight is 238 g/mol. The molecule has 0 bridgehead atoms. The predicted molar refractivity (Wildman–Crippen MR) is 69.7 cm³/mol. The zero-order valence-corrected chi connectivity index (χ0v) is 10.6. The van der Waals surface area contributed by atoms with Crippen molar-refractivity contribution < 1.29 is 4.79 Å². The summed E-state index contributed by atoms with van der Waals surface area (Å²) in [5, 5.41) is 2.89. The minimum atomic E-state index is -0.0158. The van der Waals surface area contributed by atoms with E-state index in [4.69, 9.17) is 0 Å². The monoisotopic (exact) mass is 238 g/mol. The van der Waals surface area contributed by atoms with Crippen molar-refractivity contribution in [2.24, 2.45) is 0 Å². The normalized spacial score (nSPS) is 9.88. The molecule has 0 heterocycles. The molecule has 1 aromatic carbocycles. The number of hydrogen-bond acceptors (Lipinski definition) is 2. The predicted octanol–water partition coefficient (Wildman–Crippen LogP) is 2.19. The molecular weight excluding hydrogens is 220 g/mol. The van der Waals surface area contributed by atoms with Gasteiger partial charge in [0, 0.05) is 25.9 Å². The van der Waals surface area contributed by atoms with Gasteiger partial charge < -0.3 is 10.2 Å². The molecule has 2 amide bonds. The highest BCUT2D eigenvalue weighted by atomic mass is 32.2. The van der Waals surface area contributed by atoms with Crippen molar-refractivity contribution in [2.45, 2.75) is 6.54 Å². The topological polar surface area (TPSA) is 32.3 Å². The average Bonchev–Trinajstić information content (AvgIpc) is 2.34. The molecule has 0 aliphatic carbocycles. The van der Waals surface area contributed by atoms with Gasteiger partial charge in [0.1, 0.15) is 0 Å². The SMILES string of the molecule is CSCCN(C)C(=O)NCc1ccccc1. The molecule has 0 saturated carbocycles. The second-order valence-corrected chi connectivity index (χ2v) is 4.54. The van der Waals surface area contributed by atoms with Crippen LogP contribution < -0.4 is 5.32 Å². The first-order valence-corrected chi connectivity index (χ1v) is 6.65. The van der Waals surface area contributed by atoms with Crippen molar-refractivity contribution in [1.29, 1.82) is 0 Å². The van der Waals surface area contributed by atoms with Gasteiger partial charge in [-0.1, -0.05) is 30.3 Å². The Hall–Kier alpha value is -1.16. The lowest BCUT2D eigenvalue weighted by Gasteiger charge is -2.17. The lowest BCUT2D eigenvalue weighted by atomic mass is 10.2. The summed E-state index contributed by atoms with van der Waals surface area (Å²) in [6.45, 7) is 1.37. The van der Waals surface area contributed by atoms with Crippen LogP contribution in [0.1, 0.15) is 5.56 Å². The fraction of sp³-hybridized carbons (Fsp3) is 0.417. The van der Waals surface area contributed by atoms with Gasteiger partial charge in [0.2, 0.25) is 0 Å². The van der Waals surface area contributed by atoms with Crippen molar-refractivity contribution >= 4 is 17.8 Å². The summed E-state index contributed by atoms with van der Waals surface area (Å²) in [6.07, 6.45) is 2.04. The van der Waals surface area contributed by atoms with Crippen molar-refractivity contribution in [3.63, 3.8) is 0 Å². The Labute approximate surface area is 101 Å². The highest BCUT2D eigenvalue weighted by Crippen LogP contribution is 1.98. The molecule has 1 N–H and O–H groups in total. The maximum Gasteiger partial charge on any atom is 0.317 e. The molecule has 0 unspecified atom stereocenters. The Balaban J connectivity index is 2.29. The molecule has 0 aliphatic heterocycles. The zero-order valence-electron chi connectivity index (χ0n) is 9.77. The van der Waals surface area contributed by atoms with Gasteiger partial charge in [0.25, 0.3) is 0 Å². The standard InChI is InChI=1S/C12H18N2OS/c1-14(8-9-16-2)12(15)13-10-11-6-4-3-5-7-11/h3-7H,8-10H2,1-2H3,(H,13,15). The molecule has 16 heavy (non-hydrogen) atoms. The van der Waals surface area contributed by atoms with Crippen molar-refractivity contribution in [3.05, 3.63) is 35.9 Å². The molecule has 0 fully saturated rings. The maximum absolute atomic E-state index is 11.6. The number of hydrogen-bond donors (Lipinski definition) is 1. The van der Waals surface area contributed by atoms with E-state index in [1.54, 1.807) is 16.7 Å². The number of rotatable bonds is 5. The van der Waals surface area contributed by atoms with Crippen molar-refractivity contribution in [3.8, 4) is 0 Å². The zero-order chi connectivity index (χ0) is 11.8. The summed E-state index contributed by atoms with van der Waals surface area (Å²) in [7, 11) is 1.82. The molecule has 4 heteroatoms. The van der Waals surface area contributed by atoms with Gasteiger partial charge in [-0.05, 0) is 11.8 Å². The Morgan fingerprint density at radius 1 is 1.38 bits per heavy atom. The first-order valence-electron chi connectivity index (χ1n) is 5.26. The summed E-state index contributed by atoms with van der Waals surface area (Å²) >= 11 is 1.74. The van der Waals surface area contributed by atoms with Crippen LogP contribution in [-0.2, 0) is 6.54 Å². The van der Waals surface area contributed by atoms with Gasteiger partial charge in [-0.3, -0.25) is 0 Å². The fourth-order valence-electron chi connectivity index (χ4n) is 1.24. The van der Waals surface area contributed by atoms with E-state index < -0.39 is 0 Å². The minimum absolute atomic E-state index is 0.0158. The Morgan fingerprint density at radius 2 is 2.06 bits per heavy atom. The summed E-state index contributed by atoms with van der Waals surface area (Å²) < 4.78 is 0. The lowest BCUT2D eigenvalue weighted by Crippen LogP contribution is -2.38. The quantitative estimate of drug-likeness (QED) is 0.853. The van der Waals surface area contributed by atoms with Crippen LogP contribution in [0.4, 0.5) is 4.79 Å². The third kappa shape index (κ3) is 4.57. The van der Waals surface area contributed by atoms with Gasteiger partial charge in [0.05, 0.1) is 0 Å². The van der Waals surface area contributed by atoms with Gasteiger partial charge in [-0.25, -0.2) is 4.79 Å². The summed E-state index contributed by atoms with van der Waals surface area (Å²) in [4.78, 5) is 13.3. The van der Waals surface area contributed by atoms with Crippen molar-refractivity contribution in [1.82, 2.24) is 10.2 Å². The van der Waals surface area contributed by atoms with Crippen LogP contribution >= 0.6 is 11.8 Å². The van der Waals surface area contributed by atoms with Crippen LogP contribution in [0.3, 0.4) is 0 Å². The highest BCUT2D eigenvalue weighted by molar-refractivity contribution is 7.98. The van der Waals surface area contributed by atoms with E-state index >= 15 is 0 Å². The molecule has 1 rings (SSSR count). The van der Waals surface area contributed by atoms with E-state index in [-0.39, 0.29) is 6.03 Å². The highest BCUT2D eigenvalue weighted by Gasteiger charge is 2.06. The molecule has 0 saturated heterocycles. The number of carbonyl (C=O) groups excluding carboxylic acids is 1. The van der Waals surface area contributed by atoms with Crippen LogP contribution in [0.5, 0.6) is 0 Å². The van der Waals surface area contributed by atoms with Crippen LogP contribution in [0, 0.1) is 0 Å². The van der Waals surface area contributed by atoms with E-state index in [9.17, 15) is 4.79 Å². The van der Waals surface area contributed by atoms with E-state index in [1.165, 1.54) is 0 Å². The Kier molecular flexibility index (Phi) is 5.78. The number of urea groups is 1. The summed E-state index contributed by atoms with van der Waals surface area (Å²) in [5.41, 5.74) is 1.12. The second kappa shape index (κ2) is 7.17. The van der Waals surface area contributed by atoms with Gasteiger partial charge in [0.15, 0.2) is 0 Å². The number of thioether (sulfide) groups is 1. The van der Waals surface area contributed by atoms with Crippen LogP contribution in [0.2, 0.25) is 0 Å². The van der Waals surface area contributed by atoms with Gasteiger partial charge in [-0.2, -0.15) is 11.8 Å². The van der Waals surface area contributed by atoms with Gasteiger partial charge in [-0.15, -0.1) is 0 Å². The number of benzene rings is 1. The van der Waals surface area contributed by atoms with Gasteiger partial charge >= 0.3 is 6.03 Å². The summed E-state index contributed by atoms with van der Waals surface area (Å²) in [6, 6.07) is 9.90. The third-order valence-electron chi connectivity index (χ3n) is 2.26. The van der Waals surface area contributed by atoms with E-state index in [2.05, 4.69) is 5.32 Å². The second-order valence-electron chi connectivity index (χ2n) is 3.56. The van der Waals surface area contributed by atoms with Crippen molar-refractivity contribution in [2.75, 3.05) is 25.6 Å². The molecule has 0 atom stereocenters. The molecule has 0 spiro atoms. The molecular formula is C12H18N2OS. The Morgan fingerprint density at radius 3 is 2.69 bits per heavy atom. The molecule has 0 aliphatic rings. The fourth-order valence-corrected chi connectivity index (χ4v) is 1.69. The molecule has 88 valence electrons. The van der Waals surface area contributed by atoms with Crippen LogP contribution in [-0.4, -0.2) is 36.5 Å². The smallest absolute Gasteiger partial charge is 0.317 e. The number of carbonyl (C=O) groups is 1. The van der Waals surface area contributed by atoms with Crippen LogP contribution in [0.25, 0.3) is 0 Å². The number of nitrogens with one attached hydrogen (secondary N) is 1. The lowest BCUT2D eigenvalue weighted by molar-refractivity contribution is 0.211. The Bertz CT molecular complexity index is 316. The molecule has 0 radical (unpaired) electrons. The first-order chi connectivity index (χ1) is 7.74. The largest absolute Gasteiger partial charge is 0.334 e. The summed E-state index contributed by atoms with van der Waals surface area (Å²) in [5.74, 6) is 0.968. The van der Waals surface area contributed by atoms with E-state index in [1.807, 2.05) is 43.6 Å². The molecule has 3 nitrogen and oxygen atoms in total.